The molecule has 1 aromatic rings. The minimum atomic E-state index is 0.0882. The van der Waals surface area contributed by atoms with Gasteiger partial charge in [0.25, 0.3) is 0 Å². The van der Waals surface area contributed by atoms with Crippen molar-refractivity contribution < 1.29 is 4.79 Å². The van der Waals surface area contributed by atoms with E-state index in [0.29, 0.717) is 13.0 Å². The number of amides is 1. The van der Waals surface area contributed by atoms with Crippen LogP contribution < -0.4 is 10.6 Å². The van der Waals surface area contributed by atoms with Gasteiger partial charge in [0.05, 0.1) is 12.7 Å². The van der Waals surface area contributed by atoms with Gasteiger partial charge in [-0.25, -0.2) is 0 Å². The first-order valence-corrected chi connectivity index (χ1v) is 6.49. The molecule has 0 aliphatic carbocycles. The highest BCUT2D eigenvalue weighted by atomic mass is 16.1. The number of carbonyl (C=O) groups excluding carboxylic acids is 1. The third-order valence-electron chi connectivity index (χ3n) is 3.56. The summed E-state index contributed by atoms with van der Waals surface area (Å²) < 4.78 is 1.67. The van der Waals surface area contributed by atoms with Crippen molar-refractivity contribution in [2.75, 3.05) is 19.6 Å². The molecule has 100 valence electrons. The molecular weight excluding hydrogens is 230 g/mol. The molecule has 2 heterocycles. The summed E-state index contributed by atoms with van der Waals surface area (Å²) in [6, 6.07) is 0. The minimum Gasteiger partial charge on any atom is -0.355 e. The molecule has 0 unspecified atom stereocenters. The maximum absolute atomic E-state index is 11.7. The molecule has 1 aliphatic heterocycles. The summed E-state index contributed by atoms with van der Waals surface area (Å²) in [5.74, 6) is 0.0882. The Morgan fingerprint density at radius 3 is 2.94 bits per heavy atom. The standard InChI is InChI=1S/C12H21N5O/c1-12(3-5-13-6-4-12)10-14-11(18)2-8-17-9-7-15-16-17/h7,9,13H,2-6,8,10H2,1H3,(H,14,18). The lowest BCUT2D eigenvalue weighted by molar-refractivity contribution is -0.121. The molecule has 2 N–H and O–H groups in total. The lowest BCUT2D eigenvalue weighted by Crippen LogP contribution is -2.43. The van der Waals surface area contributed by atoms with Crippen LogP contribution in [0.15, 0.2) is 12.4 Å². The van der Waals surface area contributed by atoms with E-state index in [1.807, 2.05) is 0 Å². The molecule has 1 fully saturated rings. The Morgan fingerprint density at radius 2 is 2.28 bits per heavy atom. The SMILES string of the molecule is CC1(CNC(=O)CCn2ccnn2)CCNCC1. The van der Waals surface area contributed by atoms with Crippen LogP contribution in [0.3, 0.4) is 0 Å². The van der Waals surface area contributed by atoms with Crippen LogP contribution in [0.4, 0.5) is 0 Å². The predicted octanol–water partition coefficient (Wildman–Crippen LogP) is 0.174. The van der Waals surface area contributed by atoms with Crippen LogP contribution in [0.5, 0.6) is 0 Å². The number of nitrogens with zero attached hydrogens (tertiary/aromatic N) is 3. The second-order valence-corrected chi connectivity index (χ2v) is 5.25. The highest BCUT2D eigenvalue weighted by Crippen LogP contribution is 2.26. The zero-order valence-electron chi connectivity index (χ0n) is 10.9. The van der Waals surface area contributed by atoms with Crippen LogP contribution in [-0.4, -0.2) is 40.5 Å². The molecule has 0 bridgehead atoms. The fourth-order valence-electron chi connectivity index (χ4n) is 2.18. The van der Waals surface area contributed by atoms with Crippen LogP contribution in [0.1, 0.15) is 26.2 Å². The van der Waals surface area contributed by atoms with E-state index in [4.69, 9.17) is 0 Å². The highest BCUT2D eigenvalue weighted by molar-refractivity contribution is 5.75. The fourth-order valence-corrected chi connectivity index (χ4v) is 2.18. The van der Waals surface area contributed by atoms with Crippen LogP contribution >= 0.6 is 0 Å². The van der Waals surface area contributed by atoms with Crippen LogP contribution in [0.25, 0.3) is 0 Å². The van der Waals surface area contributed by atoms with Crippen molar-refractivity contribution >= 4 is 5.91 Å². The molecule has 0 aromatic carbocycles. The second-order valence-electron chi connectivity index (χ2n) is 5.25. The molecule has 0 saturated carbocycles. The zero-order valence-corrected chi connectivity index (χ0v) is 10.9. The number of piperidine rings is 1. The Balaban J connectivity index is 1.68. The van der Waals surface area contributed by atoms with Gasteiger partial charge in [-0.1, -0.05) is 12.1 Å². The van der Waals surface area contributed by atoms with Gasteiger partial charge in [0.2, 0.25) is 5.91 Å². The summed E-state index contributed by atoms with van der Waals surface area (Å²) in [5, 5.41) is 13.9. The molecule has 0 radical (unpaired) electrons. The molecule has 2 rings (SSSR count). The van der Waals surface area contributed by atoms with Crippen LogP contribution in [0, 0.1) is 5.41 Å². The highest BCUT2D eigenvalue weighted by Gasteiger charge is 2.26. The summed E-state index contributed by atoms with van der Waals surface area (Å²) in [6.45, 7) is 5.69. The summed E-state index contributed by atoms with van der Waals surface area (Å²) >= 11 is 0. The van der Waals surface area contributed by atoms with E-state index in [-0.39, 0.29) is 11.3 Å². The Kier molecular flexibility index (Phi) is 4.30. The van der Waals surface area contributed by atoms with Crippen molar-refractivity contribution in [1.29, 1.82) is 0 Å². The largest absolute Gasteiger partial charge is 0.355 e. The van der Waals surface area contributed by atoms with Gasteiger partial charge >= 0.3 is 0 Å². The van der Waals surface area contributed by atoms with Gasteiger partial charge in [-0.2, -0.15) is 0 Å². The molecule has 1 saturated heterocycles. The lowest BCUT2D eigenvalue weighted by atomic mass is 9.81. The molecular formula is C12H21N5O. The van der Waals surface area contributed by atoms with Gasteiger partial charge in [0.15, 0.2) is 0 Å². The van der Waals surface area contributed by atoms with Crippen molar-refractivity contribution in [3.8, 4) is 0 Å². The first-order valence-electron chi connectivity index (χ1n) is 6.49. The van der Waals surface area contributed by atoms with Gasteiger partial charge in [0, 0.05) is 19.2 Å². The third-order valence-corrected chi connectivity index (χ3v) is 3.56. The van der Waals surface area contributed by atoms with Crippen molar-refractivity contribution in [2.24, 2.45) is 5.41 Å². The monoisotopic (exact) mass is 251 g/mol. The number of aryl methyl sites for hydroxylation is 1. The average Bonchev–Trinajstić information content (AvgIpc) is 2.88. The number of carbonyl (C=O) groups is 1. The average molecular weight is 251 g/mol. The Hall–Kier alpha value is -1.43. The summed E-state index contributed by atoms with van der Waals surface area (Å²) in [7, 11) is 0. The maximum atomic E-state index is 11.7. The van der Waals surface area contributed by atoms with Crippen LogP contribution in [-0.2, 0) is 11.3 Å². The number of hydrogen-bond donors (Lipinski definition) is 2. The van der Waals surface area contributed by atoms with Crippen molar-refractivity contribution in [3.63, 3.8) is 0 Å². The van der Waals surface area contributed by atoms with Gasteiger partial charge < -0.3 is 10.6 Å². The predicted molar refractivity (Wildman–Crippen MR) is 67.9 cm³/mol. The quantitative estimate of drug-likeness (QED) is 0.783. The fraction of sp³-hybridized carbons (Fsp3) is 0.750. The maximum Gasteiger partial charge on any atom is 0.221 e. The van der Waals surface area contributed by atoms with E-state index in [1.165, 1.54) is 0 Å². The van der Waals surface area contributed by atoms with Gasteiger partial charge in [-0.3, -0.25) is 9.48 Å². The molecule has 0 atom stereocenters. The Labute approximate surface area is 107 Å². The van der Waals surface area contributed by atoms with Crippen molar-refractivity contribution in [3.05, 3.63) is 12.4 Å². The minimum absolute atomic E-state index is 0.0882. The molecule has 1 aliphatic rings. The number of nitrogens with one attached hydrogen (secondary N) is 2. The molecule has 0 spiro atoms. The second kappa shape index (κ2) is 5.95. The zero-order chi connectivity index (χ0) is 12.8. The molecule has 6 heteroatoms. The summed E-state index contributed by atoms with van der Waals surface area (Å²) in [4.78, 5) is 11.7. The Bertz CT molecular complexity index is 370. The van der Waals surface area contributed by atoms with Gasteiger partial charge in [0.1, 0.15) is 0 Å². The summed E-state index contributed by atoms with van der Waals surface area (Å²) in [6.07, 6.45) is 6.08. The molecule has 18 heavy (non-hydrogen) atoms. The summed E-state index contributed by atoms with van der Waals surface area (Å²) in [5.41, 5.74) is 0.244. The number of aromatic nitrogens is 3. The smallest absolute Gasteiger partial charge is 0.221 e. The van der Waals surface area contributed by atoms with E-state index in [2.05, 4.69) is 27.9 Å². The van der Waals surface area contributed by atoms with Gasteiger partial charge in [-0.05, 0) is 31.3 Å². The third kappa shape index (κ3) is 3.80. The van der Waals surface area contributed by atoms with E-state index >= 15 is 0 Å². The molecule has 1 aromatic heterocycles. The van der Waals surface area contributed by atoms with E-state index in [9.17, 15) is 4.79 Å². The van der Waals surface area contributed by atoms with E-state index < -0.39 is 0 Å². The molecule has 6 nitrogen and oxygen atoms in total. The van der Waals surface area contributed by atoms with Crippen LogP contribution in [0.2, 0.25) is 0 Å². The normalized spacial score (nSPS) is 18.5. The van der Waals surface area contributed by atoms with Crippen molar-refractivity contribution in [1.82, 2.24) is 25.6 Å². The van der Waals surface area contributed by atoms with E-state index in [0.717, 1.165) is 32.5 Å². The Morgan fingerprint density at radius 1 is 1.50 bits per heavy atom. The van der Waals surface area contributed by atoms with E-state index in [1.54, 1.807) is 17.1 Å². The number of hydrogen-bond acceptors (Lipinski definition) is 4. The first kappa shape index (κ1) is 13.0. The van der Waals surface area contributed by atoms with Crippen molar-refractivity contribution in [2.45, 2.75) is 32.7 Å². The lowest BCUT2D eigenvalue weighted by Gasteiger charge is -2.34. The van der Waals surface area contributed by atoms with Gasteiger partial charge in [-0.15, -0.1) is 5.10 Å². The number of rotatable bonds is 5. The molecule has 1 amide bonds. The topological polar surface area (TPSA) is 71.8 Å². The first-order chi connectivity index (χ1) is 8.68.